The van der Waals surface area contributed by atoms with Crippen molar-refractivity contribution < 1.29 is 5.11 Å². The fraction of sp³-hybridized carbons (Fsp3) is 0.643. The molecule has 1 heterocycles. The lowest BCUT2D eigenvalue weighted by Crippen LogP contribution is -2.38. The van der Waals surface area contributed by atoms with E-state index in [1.165, 1.54) is 5.56 Å². The van der Waals surface area contributed by atoms with E-state index in [1.54, 1.807) is 0 Å². The van der Waals surface area contributed by atoms with Crippen LogP contribution in [0.5, 0.6) is 0 Å². The van der Waals surface area contributed by atoms with Crippen molar-refractivity contribution in [3.63, 3.8) is 0 Å². The van der Waals surface area contributed by atoms with Crippen LogP contribution in [0.4, 0.5) is 5.82 Å². The summed E-state index contributed by atoms with van der Waals surface area (Å²) in [4.78, 5) is 6.48. The topological polar surface area (TPSA) is 48.4 Å². The van der Waals surface area contributed by atoms with Gasteiger partial charge in [0.15, 0.2) is 0 Å². The average molecular weight is 249 g/mol. The molecule has 100 valence electrons. The fourth-order valence-corrected chi connectivity index (χ4v) is 2.73. The molecule has 1 aliphatic carbocycles. The molecule has 0 unspecified atom stereocenters. The Morgan fingerprint density at radius 3 is 2.67 bits per heavy atom. The van der Waals surface area contributed by atoms with E-state index in [0.717, 1.165) is 44.6 Å². The summed E-state index contributed by atoms with van der Waals surface area (Å²) >= 11 is 0. The van der Waals surface area contributed by atoms with Crippen LogP contribution in [0.25, 0.3) is 0 Å². The van der Waals surface area contributed by atoms with Crippen LogP contribution in [0.1, 0.15) is 31.2 Å². The summed E-state index contributed by atoms with van der Waals surface area (Å²) in [5, 5.41) is 13.4. The van der Waals surface area contributed by atoms with Gasteiger partial charge in [-0.1, -0.05) is 18.9 Å². The molecule has 0 aliphatic heterocycles. The number of aliphatic hydroxyl groups is 1. The zero-order chi connectivity index (χ0) is 13.0. The predicted octanol–water partition coefficient (Wildman–Crippen LogP) is 1.86. The van der Waals surface area contributed by atoms with Gasteiger partial charge in [0.2, 0.25) is 0 Å². The molecule has 0 saturated heterocycles. The number of nitrogens with zero attached hydrogens (tertiary/aromatic N) is 2. The second kappa shape index (κ2) is 5.67. The molecule has 18 heavy (non-hydrogen) atoms. The third-order valence-corrected chi connectivity index (χ3v) is 3.63. The van der Waals surface area contributed by atoms with E-state index < -0.39 is 5.60 Å². The lowest BCUT2D eigenvalue weighted by Gasteiger charge is -2.28. The second-order valence-electron chi connectivity index (χ2n) is 5.41. The van der Waals surface area contributed by atoms with E-state index in [-0.39, 0.29) is 0 Å². The molecular formula is C14H23N3O. The Balaban J connectivity index is 1.88. The van der Waals surface area contributed by atoms with Crippen molar-refractivity contribution in [2.75, 3.05) is 26.0 Å². The first-order valence-corrected chi connectivity index (χ1v) is 6.65. The summed E-state index contributed by atoms with van der Waals surface area (Å²) in [6.45, 7) is 1.58. The van der Waals surface area contributed by atoms with Gasteiger partial charge in [-0.25, -0.2) is 4.98 Å². The van der Waals surface area contributed by atoms with Gasteiger partial charge in [-0.3, -0.25) is 4.90 Å². The smallest absolute Gasteiger partial charge is 0.125 e. The zero-order valence-electron chi connectivity index (χ0n) is 11.3. The van der Waals surface area contributed by atoms with Gasteiger partial charge in [0.1, 0.15) is 5.82 Å². The molecule has 2 N–H and O–H groups in total. The maximum absolute atomic E-state index is 10.4. The van der Waals surface area contributed by atoms with E-state index in [2.05, 4.69) is 28.3 Å². The Morgan fingerprint density at radius 1 is 1.39 bits per heavy atom. The summed E-state index contributed by atoms with van der Waals surface area (Å²) in [7, 11) is 3.92. The number of likely N-dealkylation sites (N-methyl/N-ethyl adjacent to an activating group) is 1. The number of aromatic nitrogens is 1. The molecule has 0 radical (unpaired) electrons. The molecular weight excluding hydrogens is 226 g/mol. The quantitative estimate of drug-likeness (QED) is 0.836. The number of hydrogen-bond donors (Lipinski definition) is 2. The van der Waals surface area contributed by atoms with Gasteiger partial charge in [-0.05, 0) is 31.5 Å². The minimum Gasteiger partial charge on any atom is -0.389 e. The summed E-state index contributed by atoms with van der Waals surface area (Å²) in [6, 6.07) is 4.06. The van der Waals surface area contributed by atoms with E-state index in [1.807, 2.05) is 19.3 Å². The lowest BCUT2D eigenvalue weighted by atomic mass is 10.0. The highest BCUT2D eigenvalue weighted by atomic mass is 16.3. The molecule has 0 spiro atoms. The van der Waals surface area contributed by atoms with Crippen molar-refractivity contribution in [1.82, 2.24) is 9.88 Å². The predicted molar refractivity (Wildman–Crippen MR) is 73.5 cm³/mol. The number of pyridine rings is 1. The molecule has 1 fully saturated rings. The van der Waals surface area contributed by atoms with Gasteiger partial charge < -0.3 is 10.4 Å². The lowest BCUT2D eigenvalue weighted by molar-refractivity contribution is 0.0145. The fourth-order valence-electron chi connectivity index (χ4n) is 2.73. The van der Waals surface area contributed by atoms with E-state index in [9.17, 15) is 5.11 Å². The maximum atomic E-state index is 10.4. The molecule has 0 aromatic carbocycles. The molecule has 2 rings (SSSR count). The Hall–Kier alpha value is -1.13. The number of hydrogen-bond acceptors (Lipinski definition) is 4. The first-order valence-electron chi connectivity index (χ1n) is 6.65. The molecule has 1 saturated carbocycles. The molecule has 1 aromatic heterocycles. The van der Waals surface area contributed by atoms with Crippen molar-refractivity contribution in [3.8, 4) is 0 Å². The second-order valence-corrected chi connectivity index (χ2v) is 5.41. The van der Waals surface area contributed by atoms with E-state index in [0.29, 0.717) is 0 Å². The van der Waals surface area contributed by atoms with Crippen LogP contribution in [0.15, 0.2) is 18.3 Å². The Labute approximate surface area is 109 Å². The third-order valence-electron chi connectivity index (χ3n) is 3.63. The van der Waals surface area contributed by atoms with E-state index in [4.69, 9.17) is 0 Å². The number of nitrogens with one attached hydrogen (secondary N) is 1. The van der Waals surface area contributed by atoms with Crippen LogP contribution < -0.4 is 5.32 Å². The average Bonchev–Trinajstić information content (AvgIpc) is 2.76. The molecule has 0 bridgehead atoms. The minimum atomic E-state index is -0.465. The van der Waals surface area contributed by atoms with Crippen molar-refractivity contribution in [2.24, 2.45) is 0 Å². The van der Waals surface area contributed by atoms with Crippen molar-refractivity contribution >= 4 is 5.82 Å². The molecule has 4 nitrogen and oxygen atoms in total. The first kappa shape index (κ1) is 13.3. The summed E-state index contributed by atoms with van der Waals surface area (Å²) < 4.78 is 0. The van der Waals surface area contributed by atoms with Crippen molar-refractivity contribution in [3.05, 3.63) is 23.9 Å². The number of rotatable bonds is 5. The van der Waals surface area contributed by atoms with Gasteiger partial charge in [-0.2, -0.15) is 0 Å². The summed E-state index contributed by atoms with van der Waals surface area (Å²) in [6.07, 6.45) is 6.08. The van der Waals surface area contributed by atoms with Crippen LogP contribution in [0, 0.1) is 0 Å². The van der Waals surface area contributed by atoms with Crippen LogP contribution >= 0.6 is 0 Å². The molecule has 0 atom stereocenters. The Morgan fingerprint density at radius 2 is 2.11 bits per heavy atom. The van der Waals surface area contributed by atoms with E-state index >= 15 is 0 Å². The Bertz CT molecular complexity index is 371. The van der Waals surface area contributed by atoms with Crippen LogP contribution in [-0.4, -0.2) is 41.2 Å². The molecule has 1 aliphatic rings. The SMILES string of the molecule is CNc1ccc(CN(C)CC2(O)CCCC2)cn1. The van der Waals surface area contributed by atoms with Crippen LogP contribution in [0.3, 0.4) is 0 Å². The maximum Gasteiger partial charge on any atom is 0.125 e. The molecule has 1 aromatic rings. The standard InChI is InChI=1S/C14H23N3O/c1-15-13-6-5-12(9-16-13)10-17(2)11-14(18)7-3-4-8-14/h5-6,9,18H,3-4,7-8,10-11H2,1-2H3,(H,15,16). The van der Waals surface area contributed by atoms with Gasteiger partial charge in [0, 0.05) is 26.3 Å². The first-order chi connectivity index (χ1) is 8.61. The van der Waals surface area contributed by atoms with Gasteiger partial charge in [-0.15, -0.1) is 0 Å². The largest absolute Gasteiger partial charge is 0.389 e. The van der Waals surface area contributed by atoms with Gasteiger partial charge >= 0.3 is 0 Å². The summed E-state index contributed by atoms with van der Waals surface area (Å²) in [5.74, 6) is 0.885. The van der Waals surface area contributed by atoms with Gasteiger partial charge in [0.05, 0.1) is 5.60 Å². The normalized spacial score (nSPS) is 18.2. The summed E-state index contributed by atoms with van der Waals surface area (Å²) in [5.41, 5.74) is 0.714. The zero-order valence-corrected chi connectivity index (χ0v) is 11.3. The van der Waals surface area contributed by atoms with Crippen LogP contribution in [0.2, 0.25) is 0 Å². The van der Waals surface area contributed by atoms with Crippen molar-refractivity contribution in [1.29, 1.82) is 0 Å². The Kier molecular flexibility index (Phi) is 4.19. The third kappa shape index (κ3) is 3.43. The van der Waals surface area contributed by atoms with Gasteiger partial charge in [0.25, 0.3) is 0 Å². The highest BCUT2D eigenvalue weighted by Gasteiger charge is 2.31. The highest BCUT2D eigenvalue weighted by Crippen LogP contribution is 2.30. The van der Waals surface area contributed by atoms with Crippen LogP contribution in [-0.2, 0) is 6.54 Å². The van der Waals surface area contributed by atoms with Crippen molar-refractivity contribution in [2.45, 2.75) is 37.8 Å². The number of anilines is 1. The monoisotopic (exact) mass is 249 g/mol. The minimum absolute atomic E-state index is 0.465. The molecule has 0 amide bonds. The molecule has 4 heteroatoms. The highest BCUT2D eigenvalue weighted by molar-refractivity contribution is 5.34.